The molecule has 4 rings (SSSR count). The van der Waals surface area contributed by atoms with E-state index < -0.39 is 11.9 Å². The Morgan fingerprint density at radius 1 is 1.16 bits per heavy atom. The number of imidazole rings is 1. The molecule has 10 heteroatoms. The molecule has 0 radical (unpaired) electrons. The predicted octanol–water partition coefficient (Wildman–Crippen LogP) is 2.22. The Labute approximate surface area is 183 Å². The van der Waals surface area contributed by atoms with Crippen LogP contribution >= 0.6 is 11.6 Å². The molecule has 1 aromatic carbocycles. The zero-order valence-corrected chi connectivity index (χ0v) is 17.7. The van der Waals surface area contributed by atoms with Crippen LogP contribution in [0.25, 0.3) is 16.9 Å². The largest absolute Gasteiger partial charge is 0.497 e. The van der Waals surface area contributed by atoms with Gasteiger partial charge in [0.25, 0.3) is 0 Å². The number of piperazine rings is 1. The first-order valence-corrected chi connectivity index (χ1v) is 9.97. The molecule has 3 N–H and O–H groups in total. The van der Waals surface area contributed by atoms with E-state index in [1.54, 1.807) is 7.11 Å². The third kappa shape index (κ3) is 5.72. The van der Waals surface area contributed by atoms with Crippen molar-refractivity contribution in [1.29, 1.82) is 0 Å². The minimum absolute atomic E-state index is 0.712. The molecule has 0 amide bonds. The van der Waals surface area contributed by atoms with Crippen molar-refractivity contribution in [1.82, 2.24) is 19.6 Å². The van der Waals surface area contributed by atoms with Gasteiger partial charge in [0.1, 0.15) is 11.4 Å². The Morgan fingerprint density at radius 2 is 1.87 bits per heavy atom. The van der Waals surface area contributed by atoms with Gasteiger partial charge in [-0.3, -0.25) is 4.90 Å². The summed E-state index contributed by atoms with van der Waals surface area (Å²) in [6.45, 7) is 4.95. The van der Waals surface area contributed by atoms with Crippen molar-refractivity contribution in [2.75, 3.05) is 33.3 Å². The molecule has 2 aromatic heterocycles. The molecule has 0 spiro atoms. The van der Waals surface area contributed by atoms with E-state index in [1.165, 1.54) is 0 Å². The van der Waals surface area contributed by atoms with Crippen LogP contribution in [0.2, 0.25) is 5.02 Å². The van der Waals surface area contributed by atoms with Gasteiger partial charge >= 0.3 is 11.9 Å². The van der Waals surface area contributed by atoms with E-state index in [2.05, 4.69) is 20.7 Å². The van der Waals surface area contributed by atoms with Crippen molar-refractivity contribution in [2.45, 2.75) is 6.54 Å². The SMILES string of the molecule is COc1cccc(-c2nc3ccc(Cl)cn3c2CN2CCNCC2)c1.O=C(O)C(=O)O. The molecule has 0 atom stereocenters. The predicted molar refractivity (Wildman–Crippen MR) is 116 cm³/mol. The second-order valence-electron chi connectivity index (χ2n) is 6.85. The summed E-state index contributed by atoms with van der Waals surface area (Å²) < 4.78 is 7.50. The standard InChI is InChI=1S/C19H21ClN4O.C2H2O4/c1-25-16-4-2-3-14(11-16)19-17(13-23-9-7-21-8-10-23)24-12-15(20)5-6-18(24)22-19;3-1(4)2(5)6/h2-6,11-12,21H,7-10,13H2,1H3;(H,3,4)(H,5,6). The smallest absolute Gasteiger partial charge is 0.414 e. The van der Waals surface area contributed by atoms with Crippen molar-refractivity contribution >= 4 is 29.2 Å². The molecular formula is C21H23ClN4O5. The van der Waals surface area contributed by atoms with Crippen molar-refractivity contribution < 1.29 is 24.5 Å². The third-order valence-corrected chi connectivity index (χ3v) is 5.01. The average Bonchev–Trinajstić information content (AvgIpc) is 3.12. The summed E-state index contributed by atoms with van der Waals surface area (Å²) in [5, 5.41) is 18.9. The first kappa shape index (κ1) is 22.5. The van der Waals surface area contributed by atoms with Gasteiger partial charge in [-0.05, 0) is 24.3 Å². The molecule has 164 valence electrons. The number of hydrogen-bond donors (Lipinski definition) is 3. The normalized spacial score (nSPS) is 14.0. The lowest BCUT2D eigenvalue weighted by Crippen LogP contribution is -2.43. The summed E-state index contributed by atoms with van der Waals surface area (Å²) in [4.78, 5) is 25.5. The molecule has 0 bridgehead atoms. The van der Waals surface area contributed by atoms with E-state index in [0.717, 1.165) is 61.1 Å². The van der Waals surface area contributed by atoms with E-state index in [9.17, 15) is 0 Å². The Hall–Kier alpha value is -3.14. The highest BCUT2D eigenvalue weighted by Crippen LogP contribution is 2.29. The average molecular weight is 447 g/mol. The molecule has 3 heterocycles. The maximum atomic E-state index is 9.10. The molecule has 9 nitrogen and oxygen atoms in total. The monoisotopic (exact) mass is 446 g/mol. The third-order valence-electron chi connectivity index (χ3n) is 4.79. The summed E-state index contributed by atoms with van der Waals surface area (Å²) in [5.41, 5.74) is 4.11. The zero-order chi connectivity index (χ0) is 22.4. The molecule has 3 aromatic rings. The van der Waals surface area contributed by atoms with Crippen LogP contribution in [0, 0.1) is 0 Å². The number of nitrogens with one attached hydrogen (secondary N) is 1. The van der Waals surface area contributed by atoms with Gasteiger partial charge in [-0.2, -0.15) is 0 Å². The number of aliphatic carboxylic acids is 2. The van der Waals surface area contributed by atoms with Crippen LogP contribution in [-0.2, 0) is 16.1 Å². The quantitative estimate of drug-likeness (QED) is 0.522. The minimum atomic E-state index is -1.82. The van der Waals surface area contributed by atoms with Crippen molar-refractivity contribution in [3.8, 4) is 17.0 Å². The topological polar surface area (TPSA) is 116 Å². The van der Waals surface area contributed by atoms with E-state index >= 15 is 0 Å². The summed E-state index contributed by atoms with van der Waals surface area (Å²) in [6.07, 6.45) is 1.95. The van der Waals surface area contributed by atoms with Crippen LogP contribution in [0.5, 0.6) is 5.75 Å². The summed E-state index contributed by atoms with van der Waals surface area (Å²) in [6, 6.07) is 11.9. The highest BCUT2D eigenvalue weighted by molar-refractivity contribution is 6.30. The Kier molecular flexibility index (Phi) is 7.45. The Bertz CT molecular complexity index is 1070. The zero-order valence-electron chi connectivity index (χ0n) is 16.9. The maximum absolute atomic E-state index is 9.10. The van der Waals surface area contributed by atoms with E-state index in [4.69, 9.17) is 41.1 Å². The fourth-order valence-electron chi connectivity index (χ4n) is 3.30. The van der Waals surface area contributed by atoms with Gasteiger partial charge in [0, 0.05) is 44.5 Å². The van der Waals surface area contributed by atoms with E-state index in [0.29, 0.717) is 5.02 Å². The number of ether oxygens (including phenoxy) is 1. The lowest BCUT2D eigenvalue weighted by Gasteiger charge is -2.27. The van der Waals surface area contributed by atoms with E-state index in [1.807, 2.05) is 36.5 Å². The number of methoxy groups -OCH3 is 1. The van der Waals surface area contributed by atoms with Crippen LogP contribution in [0.3, 0.4) is 0 Å². The first-order chi connectivity index (χ1) is 14.9. The number of hydrogen-bond acceptors (Lipinski definition) is 6. The first-order valence-electron chi connectivity index (χ1n) is 9.59. The van der Waals surface area contributed by atoms with Crippen LogP contribution in [0.15, 0.2) is 42.6 Å². The van der Waals surface area contributed by atoms with E-state index in [-0.39, 0.29) is 0 Å². The number of carboxylic acids is 2. The minimum Gasteiger partial charge on any atom is -0.497 e. The van der Waals surface area contributed by atoms with Crippen molar-refractivity contribution in [3.63, 3.8) is 0 Å². The lowest BCUT2D eigenvalue weighted by atomic mass is 10.1. The van der Waals surface area contributed by atoms with Crippen molar-refractivity contribution in [2.24, 2.45) is 0 Å². The number of fused-ring (bicyclic) bond motifs is 1. The molecule has 1 saturated heterocycles. The lowest BCUT2D eigenvalue weighted by molar-refractivity contribution is -0.159. The second-order valence-corrected chi connectivity index (χ2v) is 7.29. The molecule has 1 aliphatic heterocycles. The number of rotatable bonds is 4. The fourth-order valence-corrected chi connectivity index (χ4v) is 3.46. The molecular weight excluding hydrogens is 424 g/mol. The highest BCUT2D eigenvalue weighted by Gasteiger charge is 2.19. The molecule has 31 heavy (non-hydrogen) atoms. The number of aromatic nitrogens is 2. The summed E-state index contributed by atoms with van der Waals surface area (Å²) in [5.74, 6) is -2.81. The van der Waals surface area contributed by atoms with Crippen LogP contribution < -0.4 is 10.1 Å². The van der Waals surface area contributed by atoms with Crippen LogP contribution in [-0.4, -0.2) is 69.7 Å². The number of nitrogens with zero attached hydrogens (tertiary/aromatic N) is 3. The van der Waals surface area contributed by atoms with Gasteiger partial charge in [0.2, 0.25) is 0 Å². The van der Waals surface area contributed by atoms with Gasteiger partial charge in [0.05, 0.1) is 23.5 Å². The Balaban J connectivity index is 0.000000401. The molecule has 0 aliphatic carbocycles. The van der Waals surface area contributed by atoms with Gasteiger partial charge in [-0.1, -0.05) is 23.7 Å². The summed E-state index contributed by atoms with van der Waals surface area (Å²) >= 11 is 6.24. The number of carboxylic acid groups (broad SMARTS) is 2. The number of carbonyl (C=O) groups is 2. The fraction of sp³-hybridized carbons (Fsp3) is 0.286. The number of pyridine rings is 1. The summed E-state index contributed by atoms with van der Waals surface area (Å²) in [7, 11) is 1.68. The van der Waals surface area contributed by atoms with Gasteiger partial charge in [-0.15, -0.1) is 0 Å². The van der Waals surface area contributed by atoms with Crippen molar-refractivity contribution in [3.05, 3.63) is 53.3 Å². The number of benzene rings is 1. The van der Waals surface area contributed by atoms with Gasteiger partial charge in [-0.25, -0.2) is 14.6 Å². The molecule has 0 saturated carbocycles. The molecule has 1 aliphatic rings. The van der Waals surface area contributed by atoms with Gasteiger partial charge in [0.15, 0.2) is 0 Å². The van der Waals surface area contributed by atoms with Crippen LogP contribution in [0.1, 0.15) is 5.69 Å². The molecule has 1 fully saturated rings. The van der Waals surface area contributed by atoms with Crippen LogP contribution in [0.4, 0.5) is 0 Å². The second kappa shape index (κ2) is 10.3. The molecule has 0 unspecified atom stereocenters. The van der Waals surface area contributed by atoms with Gasteiger partial charge < -0.3 is 24.7 Å². The Morgan fingerprint density at radius 3 is 2.52 bits per heavy atom. The maximum Gasteiger partial charge on any atom is 0.414 e. The highest BCUT2D eigenvalue weighted by atomic mass is 35.5. The number of halogens is 1.